The fourth-order valence-corrected chi connectivity index (χ4v) is 5.73. The molecule has 230 valence electrons. The Morgan fingerprint density at radius 1 is 0.956 bits per heavy atom. The third-order valence-corrected chi connectivity index (χ3v) is 8.26. The van der Waals surface area contributed by atoms with Gasteiger partial charge in [-0.3, -0.25) is 4.79 Å². The average molecular weight is 608 g/mol. The van der Waals surface area contributed by atoms with Crippen LogP contribution in [-0.2, 0) is 15.1 Å². The Balaban J connectivity index is 1.18. The Morgan fingerprint density at radius 3 is 2.44 bits per heavy atom. The van der Waals surface area contributed by atoms with Gasteiger partial charge in [-0.1, -0.05) is 30.3 Å². The normalized spacial score (nSPS) is 15.1. The molecule has 45 heavy (non-hydrogen) atoms. The zero-order chi connectivity index (χ0) is 31.0. The smallest absolute Gasteiger partial charge is 0.255 e. The van der Waals surface area contributed by atoms with Gasteiger partial charge < -0.3 is 29.4 Å². The fraction of sp³-hybridized carbons (Fsp3) is 0.281. The van der Waals surface area contributed by atoms with Gasteiger partial charge in [0.15, 0.2) is 22.6 Å². The second kappa shape index (κ2) is 11.6. The molecule has 1 amide bonds. The van der Waals surface area contributed by atoms with Crippen LogP contribution in [-0.4, -0.2) is 86.7 Å². The predicted octanol–water partition coefficient (Wildman–Crippen LogP) is 3.45. The summed E-state index contributed by atoms with van der Waals surface area (Å²) in [6.07, 6.45) is 3.36. The Kier molecular flexibility index (Phi) is 7.29. The first-order valence-corrected chi connectivity index (χ1v) is 14.7. The Hall–Kier alpha value is -5.43. The molecule has 1 aliphatic rings. The van der Waals surface area contributed by atoms with Crippen molar-refractivity contribution in [2.24, 2.45) is 0 Å². The van der Waals surface area contributed by atoms with Crippen LogP contribution in [0.15, 0.2) is 83.6 Å². The SMILES string of the molecule is COCCOc1ccc(N2CCN(C(=O)[C@@](C)(c3ccccc3)n3cc4c(nc(N)n5nc(-c6ccco6)nc45)n3)CC2)cc1. The fourth-order valence-electron chi connectivity index (χ4n) is 5.73. The van der Waals surface area contributed by atoms with E-state index in [1.54, 1.807) is 36.4 Å². The summed E-state index contributed by atoms with van der Waals surface area (Å²) in [7, 11) is 1.65. The van der Waals surface area contributed by atoms with Gasteiger partial charge >= 0.3 is 0 Å². The van der Waals surface area contributed by atoms with Gasteiger partial charge in [0, 0.05) is 45.2 Å². The van der Waals surface area contributed by atoms with Gasteiger partial charge in [0.05, 0.1) is 18.3 Å². The zero-order valence-electron chi connectivity index (χ0n) is 25.0. The van der Waals surface area contributed by atoms with Crippen molar-refractivity contribution in [2.75, 3.05) is 57.1 Å². The largest absolute Gasteiger partial charge is 0.491 e. The van der Waals surface area contributed by atoms with Crippen molar-refractivity contribution in [3.05, 3.63) is 84.8 Å². The molecular weight excluding hydrogens is 574 g/mol. The number of aromatic nitrogens is 6. The summed E-state index contributed by atoms with van der Waals surface area (Å²) in [5.41, 5.74) is 7.83. The Morgan fingerprint density at radius 2 is 1.73 bits per heavy atom. The predicted molar refractivity (Wildman–Crippen MR) is 168 cm³/mol. The molecule has 5 heterocycles. The summed E-state index contributed by atoms with van der Waals surface area (Å²) < 4.78 is 19.4. The van der Waals surface area contributed by atoms with Crippen LogP contribution in [0.5, 0.6) is 5.75 Å². The number of hydrogen-bond acceptors (Lipinski definition) is 10. The number of anilines is 2. The first-order chi connectivity index (χ1) is 22.0. The maximum absolute atomic E-state index is 14.5. The second-order valence-corrected chi connectivity index (χ2v) is 11.0. The van der Waals surface area contributed by atoms with Crippen LogP contribution in [0.4, 0.5) is 11.6 Å². The molecule has 2 N–H and O–H groups in total. The minimum Gasteiger partial charge on any atom is -0.491 e. The molecule has 0 spiro atoms. The van der Waals surface area contributed by atoms with Gasteiger partial charge in [-0.2, -0.15) is 14.6 Å². The van der Waals surface area contributed by atoms with Crippen molar-refractivity contribution in [1.82, 2.24) is 34.3 Å². The van der Waals surface area contributed by atoms with Gasteiger partial charge in [-0.15, -0.1) is 5.10 Å². The number of rotatable bonds is 9. The minimum absolute atomic E-state index is 0.0650. The van der Waals surface area contributed by atoms with Crippen LogP contribution >= 0.6 is 0 Å². The lowest BCUT2D eigenvalue weighted by atomic mass is 9.90. The van der Waals surface area contributed by atoms with Crippen molar-refractivity contribution in [3.63, 3.8) is 0 Å². The van der Waals surface area contributed by atoms with E-state index in [2.05, 4.69) is 20.0 Å². The van der Waals surface area contributed by atoms with Crippen LogP contribution < -0.4 is 15.4 Å². The molecule has 0 saturated carbocycles. The van der Waals surface area contributed by atoms with Crippen molar-refractivity contribution in [2.45, 2.75) is 12.5 Å². The highest BCUT2D eigenvalue weighted by molar-refractivity contribution is 5.92. The molecule has 2 aromatic carbocycles. The summed E-state index contributed by atoms with van der Waals surface area (Å²) in [4.78, 5) is 27.9. The number of furan rings is 1. The standard InChI is InChI=1S/C32H33N9O4/c1-32(22-7-4-3-5-8-22,30(42)39-16-14-38(15-17-39)23-10-12-24(13-11-23)44-20-19-43-2)40-21-25-27(36-40)35-31(33)41-29(25)34-28(37-41)26-9-6-18-45-26/h3-13,18,21H,14-17,19-20H2,1-2H3,(H2,33,35,36)/t32-/m1/s1. The number of nitrogen functional groups attached to an aromatic ring is 1. The third kappa shape index (κ3) is 5.10. The molecule has 0 bridgehead atoms. The molecule has 13 nitrogen and oxygen atoms in total. The summed E-state index contributed by atoms with van der Waals surface area (Å²) in [6, 6.07) is 21.2. The van der Waals surface area contributed by atoms with E-state index in [9.17, 15) is 4.79 Å². The van der Waals surface area contributed by atoms with Crippen molar-refractivity contribution >= 4 is 34.2 Å². The molecule has 1 aliphatic heterocycles. The van der Waals surface area contributed by atoms with Crippen LogP contribution in [0.2, 0.25) is 0 Å². The summed E-state index contributed by atoms with van der Waals surface area (Å²) in [5, 5.41) is 9.91. The van der Waals surface area contributed by atoms with E-state index < -0.39 is 5.54 Å². The first-order valence-electron chi connectivity index (χ1n) is 14.7. The number of benzene rings is 2. The number of carbonyl (C=O) groups is 1. The summed E-state index contributed by atoms with van der Waals surface area (Å²) >= 11 is 0. The molecule has 1 atom stereocenters. The van der Waals surface area contributed by atoms with Crippen molar-refractivity contribution in [1.29, 1.82) is 0 Å². The van der Waals surface area contributed by atoms with Crippen LogP contribution in [0.3, 0.4) is 0 Å². The highest BCUT2D eigenvalue weighted by atomic mass is 16.5. The van der Waals surface area contributed by atoms with Crippen molar-refractivity contribution in [3.8, 4) is 17.3 Å². The van der Waals surface area contributed by atoms with E-state index in [1.807, 2.05) is 66.4 Å². The molecule has 7 rings (SSSR count). The van der Waals surface area contributed by atoms with E-state index in [-0.39, 0.29) is 11.9 Å². The quantitative estimate of drug-likeness (QED) is 0.243. The number of piperazine rings is 1. The lowest BCUT2D eigenvalue weighted by Crippen LogP contribution is -2.56. The Bertz CT molecular complexity index is 1930. The van der Waals surface area contributed by atoms with Gasteiger partial charge in [0.25, 0.3) is 5.91 Å². The number of amides is 1. The highest BCUT2D eigenvalue weighted by Gasteiger charge is 2.42. The molecule has 6 aromatic rings. The maximum atomic E-state index is 14.5. The minimum atomic E-state index is -1.17. The van der Waals surface area contributed by atoms with Crippen molar-refractivity contribution < 1.29 is 18.7 Å². The van der Waals surface area contributed by atoms with Gasteiger partial charge in [0.1, 0.15) is 12.4 Å². The van der Waals surface area contributed by atoms with Gasteiger partial charge in [-0.25, -0.2) is 9.67 Å². The van der Waals surface area contributed by atoms with E-state index in [0.29, 0.717) is 67.7 Å². The van der Waals surface area contributed by atoms with Gasteiger partial charge in [0.2, 0.25) is 11.8 Å². The summed E-state index contributed by atoms with van der Waals surface area (Å²) in [5.74, 6) is 1.75. The lowest BCUT2D eigenvalue weighted by Gasteiger charge is -2.40. The average Bonchev–Trinajstić information content (AvgIpc) is 3.85. The third-order valence-electron chi connectivity index (χ3n) is 8.26. The monoisotopic (exact) mass is 607 g/mol. The second-order valence-electron chi connectivity index (χ2n) is 11.0. The van der Waals surface area contributed by atoms with E-state index in [0.717, 1.165) is 17.0 Å². The molecule has 0 unspecified atom stereocenters. The number of ether oxygens (including phenoxy) is 2. The van der Waals surface area contributed by atoms with Crippen LogP contribution in [0, 0.1) is 0 Å². The number of methoxy groups -OCH3 is 1. The van der Waals surface area contributed by atoms with Crippen LogP contribution in [0.1, 0.15) is 12.5 Å². The molecule has 0 aliphatic carbocycles. The molecule has 4 aromatic heterocycles. The highest BCUT2D eigenvalue weighted by Crippen LogP contribution is 2.32. The molecule has 0 radical (unpaired) electrons. The zero-order valence-corrected chi connectivity index (χ0v) is 25.0. The summed E-state index contributed by atoms with van der Waals surface area (Å²) in [6.45, 7) is 5.42. The molecule has 13 heteroatoms. The maximum Gasteiger partial charge on any atom is 0.255 e. The topological polar surface area (TPSA) is 142 Å². The van der Waals surface area contributed by atoms with E-state index >= 15 is 0 Å². The molecule has 1 saturated heterocycles. The lowest BCUT2D eigenvalue weighted by molar-refractivity contribution is -0.138. The van der Waals surface area contributed by atoms with E-state index in [4.69, 9.17) is 24.7 Å². The number of nitrogens with zero attached hydrogens (tertiary/aromatic N) is 8. The Labute approximate surface area is 258 Å². The molecule has 1 fully saturated rings. The molecular formula is C32H33N9O4. The number of carbonyl (C=O) groups excluding carboxylic acids is 1. The van der Waals surface area contributed by atoms with E-state index in [1.165, 1.54) is 4.52 Å². The number of fused-ring (bicyclic) bond motifs is 3. The number of hydrogen-bond donors (Lipinski definition) is 1. The number of nitrogens with two attached hydrogens (primary N) is 1. The first kappa shape index (κ1) is 28.3. The van der Waals surface area contributed by atoms with Crippen LogP contribution in [0.25, 0.3) is 28.3 Å². The van der Waals surface area contributed by atoms with Gasteiger partial charge in [-0.05, 0) is 48.9 Å².